The van der Waals surface area contributed by atoms with Gasteiger partial charge >= 0.3 is 0 Å². The average Bonchev–Trinajstić information content (AvgIpc) is 2.27. The minimum atomic E-state index is 0.0610. The van der Waals surface area contributed by atoms with Gasteiger partial charge in [0.1, 0.15) is 13.2 Å². The van der Waals surface area contributed by atoms with Crippen molar-refractivity contribution in [1.82, 2.24) is 0 Å². The van der Waals surface area contributed by atoms with E-state index in [1.807, 2.05) is 18.2 Å². The van der Waals surface area contributed by atoms with Gasteiger partial charge in [-0.15, -0.1) is 11.6 Å². The Morgan fingerprint density at radius 3 is 2.71 bits per heavy atom. The third-order valence-electron chi connectivity index (χ3n) is 2.29. The fourth-order valence-electron chi connectivity index (χ4n) is 1.49. The van der Waals surface area contributed by atoms with Gasteiger partial charge in [0.05, 0.1) is 5.38 Å². The van der Waals surface area contributed by atoms with E-state index in [9.17, 15) is 0 Å². The van der Waals surface area contributed by atoms with Crippen molar-refractivity contribution >= 4 is 11.6 Å². The lowest BCUT2D eigenvalue weighted by atomic mass is 10.1. The van der Waals surface area contributed by atoms with E-state index in [0.29, 0.717) is 13.2 Å². The lowest BCUT2D eigenvalue weighted by Crippen LogP contribution is -2.15. The van der Waals surface area contributed by atoms with E-state index in [2.05, 4.69) is 6.92 Å². The molecule has 0 N–H and O–H groups in total. The predicted molar refractivity (Wildman–Crippen MR) is 56.3 cm³/mol. The van der Waals surface area contributed by atoms with Crippen LogP contribution in [0, 0.1) is 0 Å². The predicted octanol–water partition coefficient (Wildman–Crippen LogP) is 3.15. The molecule has 0 spiro atoms. The Morgan fingerprint density at radius 2 is 2.00 bits per heavy atom. The monoisotopic (exact) mass is 212 g/mol. The summed E-state index contributed by atoms with van der Waals surface area (Å²) < 4.78 is 10.9. The largest absolute Gasteiger partial charge is 0.486 e. The van der Waals surface area contributed by atoms with E-state index >= 15 is 0 Å². The quantitative estimate of drug-likeness (QED) is 0.702. The molecule has 1 aromatic carbocycles. The highest BCUT2D eigenvalue weighted by molar-refractivity contribution is 6.20. The number of fused-ring (bicyclic) bond motifs is 1. The Labute approximate surface area is 88.8 Å². The molecular formula is C11H13ClO2. The van der Waals surface area contributed by atoms with Gasteiger partial charge in [-0.3, -0.25) is 0 Å². The molecule has 0 radical (unpaired) electrons. The van der Waals surface area contributed by atoms with Crippen LogP contribution in [0.25, 0.3) is 0 Å². The summed E-state index contributed by atoms with van der Waals surface area (Å²) in [5.41, 5.74) is 1.10. The molecule has 1 aromatic rings. The van der Waals surface area contributed by atoms with Crippen molar-refractivity contribution in [3.8, 4) is 11.5 Å². The van der Waals surface area contributed by atoms with Gasteiger partial charge in [0, 0.05) is 0 Å². The molecule has 1 aliphatic heterocycles. The molecule has 0 amide bonds. The van der Waals surface area contributed by atoms with Crippen molar-refractivity contribution in [3.63, 3.8) is 0 Å². The van der Waals surface area contributed by atoms with E-state index in [1.165, 1.54) is 0 Å². The first-order valence-corrected chi connectivity index (χ1v) is 5.28. The van der Waals surface area contributed by atoms with Gasteiger partial charge in [0.15, 0.2) is 11.5 Å². The lowest BCUT2D eigenvalue weighted by molar-refractivity contribution is 0.171. The standard InChI is InChI=1S/C11H13ClO2/c1-2-9(12)8-3-4-10-11(7-8)14-6-5-13-10/h3-4,7,9H,2,5-6H2,1H3. The molecule has 76 valence electrons. The van der Waals surface area contributed by atoms with Gasteiger partial charge < -0.3 is 9.47 Å². The number of hydrogen-bond donors (Lipinski definition) is 0. The molecule has 0 aliphatic carbocycles. The third-order valence-corrected chi connectivity index (χ3v) is 2.85. The summed E-state index contributed by atoms with van der Waals surface area (Å²) in [7, 11) is 0. The SMILES string of the molecule is CCC(Cl)c1ccc2c(c1)OCCO2. The molecule has 3 heteroatoms. The Morgan fingerprint density at radius 1 is 1.29 bits per heavy atom. The fraction of sp³-hybridized carbons (Fsp3) is 0.455. The second-order valence-corrected chi connectivity index (χ2v) is 3.81. The molecule has 1 aliphatic rings. The molecule has 0 aromatic heterocycles. The highest BCUT2D eigenvalue weighted by Crippen LogP contribution is 2.34. The molecule has 2 rings (SSSR count). The molecule has 0 saturated heterocycles. The Bertz CT molecular complexity index is 325. The van der Waals surface area contributed by atoms with Gasteiger partial charge in [-0.2, -0.15) is 0 Å². The summed E-state index contributed by atoms with van der Waals surface area (Å²) in [6, 6.07) is 5.89. The highest BCUT2D eigenvalue weighted by Gasteiger charge is 2.14. The molecule has 0 fully saturated rings. The van der Waals surface area contributed by atoms with Crippen molar-refractivity contribution < 1.29 is 9.47 Å². The van der Waals surface area contributed by atoms with Gasteiger partial charge in [-0.25, -0.2) is 0 Å². The zero-order valence-electron chi connectivity index (χ0n) is 8.13. The second kappa shape index (κ2) is 4.09. The third kappa shape index (κ3) is 1.80. The molecule has 0 bridgehead atoms. The molecular weight excluding hydrogens is 200 g/mol. The zero-order valence-corrected chi connectivity index (χ0v) is 8.88. The number of hydrogen-bond acceptors (Lipinski definition) is 2. The summed E-state index contributed by atoms with van der Waals surface area (Å²) in [5.74, 6) is 1.63. The molecule has 1 unspecified atom stereocenters. The zero-order chi connectivity index (χ0) is 9.97. The first-order valence-electron chi connectivity index (χ1n) is 4.85. The maximum absolute atomic E-state index is 6.14. The van der Waals surface area contributed by atoms with Crippen molar-refractivity contribution in [3.05, 3.63) is 23.8 Å². The van der Waals surface area contributed by atoms with Gasteiger partial charge in [-0.05, 0) is 24.1 Å². The van der Waals surface area contributed by atoms with Crippen LogP contribution in [0.4, 0.5) is 0 Å². The normalized spacial score (nSPS) is 16.4. The molecule has 0 saturated carbocycles. The summed E-state index contributed by atoms with van der Waals surface area (Å²) in [6.07, 6.45) is 0.918. The van der Waals surface area contributed by atoms with Gasteiger partial charge in [0.25, 0.3) is 0 Å². The van der Waals surface area contributed by atoms with E-state index in [1.54, 1.807) is 0 Å². The second-order valence-electron chi connectivity index (χ2n) is 3.28. The number of halogens is 1. The van der Waals surface area contributed by atoms with Crippen molar-refractivity contribution in [2.24, 2.45) is 0 Å². The Kier molecular flexibility index (Phi) is 2.82. The van der Waals surface area contributed by atoms with Crippen molar-refractivity contribution in [2.75, 3.05) is 13.2 Å². The first-order chi connectivity index (χ1) is 6.81. The van der Waals surface area contributed by atoms with Crippen LogP contribution in [0.1, 0.15) is 24.3 Å². The maximum atomic E-state index is 6.14. The Balaban J connectivity index is 2.29. The minimum Gasteiger partial charge on any atom is -0.486 e. The van der Waals surface area contributed by atoms with E-state index in [-0.39, 0.29) is 5.38 Å². The van der Waals surface area contributed by atoms with Crippen LogP contribution >= 0.6 is 11.6 Å². The van der Waals surface area contributed by atoms with Crippen LogP contribution in [0.15, 0.2) is 18.2 Å². The van der Waals surface area contributed by atoms with Gasteiger partial charge in [0.2, 0.25) is 0 Å². The first kappa shape index (κ1) is 9.66. The van der Waals surface area contributed by atoms with Gasteiger partial charge in [-0.1, -0.05) is 13.0 Å². The van der Waals surface area contributed by atoms with Crippen LogP contribution in [0.3, 0.4) is 0 Å². The topological polar surface area (TPSA) is 18.5 Å². The summed E-state index contributed by atoms with van der Waals surface area (Å²) in [6.45, 7) is 3.31. The smallest absolute Gasteiger partial charge is 0.161 e. The van der Waals surface area contributed by atoms with Crippen molar-refractivity contribution in [2.45, 2.75) is 18.7 Å². The summed E-state index contributed by atoms with van der Waals surface area (Å²) in [5, 5.41) is 0.0610. The van der Waals surface area contributed by atoms with E-state index in [4.69, 9.17) is 21.1 Å². The number of alkyl halides is 1. The average molecular weight is 213 g/mol. The van der Waals surface area contributed by atoms with Crippen molar-refractivity contribution in [1.29, 1.82) is 0 Å². The maximum Gasteiger partial charge on any atom is 0.161 e. The lowest BCUT2D eigenvalue weighted by Gasteiger charge is -2.19. The van der Waals surface area contributed by atoms with Crippen LogP contribution in [-0.4, -0.2) is 13.2 Å². The molecule has 1 heterocycles. The van der Waals surface area contributed by atoms with Crippen LogP contribution in [0.5, 0.6) is 11.5 Å². The number of rotatable bonds is 2. The number of benzene rings is 1. The molecule has 2 nitrogen and oxygen atoms in total. The molecule has 1 atom stereocenters. The molecule has 14 heavy (non-hydrogen) atoms. The summed E-state index contributed by atoms with van der Waals surface area (Å²) >= 11 is 6.14. The summed E-state index contributed by atoms with van der Waals surface area (Å²) in [4.78, 5) is 0. The highest BCUT2D eigenvalue weighted by atomic mass is 35.5. The van der Waals surface area contributed by atoms with E-state index < -0.39 is 0 Å². The Hall–Kier alpha value is -0.890. The fourth-order valence-corrected chi connectivity index (χ4v) is 1.63. The van der Waals surface area contributed by atoms with Crippen LogP contribution in [-0.2, 0) is 0 Å². The minimum absolute atomic E-state index is 0.0610. The van der Waals surface area contributed by atoms with Crippen LogP contribution in [0.2, 0.25) is 0 Å². The van der Waals surface area contributed by atoms with Crippen LogP contribution < -0.4 is 9.47 Å². The number of ether oxygens (including phenoxy) is 2. The van der Waals surface area contributed by atoms with E-state index in [0.717, 1.165) is 23.5 Å².